The Hall–Kier alpha value is -0.900. The van der Waals surface area contributed by atoms with E-state index in [0.29, 0.717) is 19.1 Å². The lowest BCUT2D eigenvalue weighted by Crippen LogP contribution is -2.54. The van der Waals surface area contributed by atoms with Gasteiger partial charge in [-0.15, -0.1) is 0 Å². The molecule has 1 saturated heterocycles. The van der Waals surface area contributed by atoms with Crippen LogP contribution in [-0.4, -0.2) is 31.4 Å². The Morgan fingerprint density at radius 2 is 2.10 bits per heavy atom. The van der Waals surface area contributed by atoms with Crippen LogP contribution in [0.3, 0.4) is 0 Å². The van der Waals surface area contributed by atoms with E-state index in [4.69, 9.17) is 9.47 Å². The van der Waals surface area contributed by atoms with Gasteiger partial charge in [-0.1, -0.05) is 44.2 Å². The maximum Gasteiger partial charge on any atom is 0.0940 e. The van der Waals surface area contributed by atoms with Crippen molar-refractivity contribution in [1.29, 1.82) is 0 Å². The Bertz CT molecular complexity index is 393. The van der Waals surface area contributed by atoms with Crippen LogP contribution in [-0.2, 0) is 16.1 Å². The Kier molecular flexibility index (Phi) is 5.58. The van der Waals surface area contributed by atoms with E-state index >= 15 is 0 Å². The summed E-state index contributed by atoms with van der Waals surface area (Å²) in [5.74, 6) is 0.644. The molecule has 0 amide bonds. The van der Waals surface area contributed by atoms with Gasteiger partial charge in [0.25, 0.3) is 0 Å². The molecule has 2 rings (SSSR count). The van der Waals surface area contributed by atoms with E-state index in [1.54, 1.807) is 0 Å². The zero-order valence-electron chi connectivity index (χ0n) is 12.9. The van der Waals surface area contributed by atoms with Crippen LogP contribution in [0.1, 0.15) is 32.8 Å². The normalized spacial score (nSPS) is 26.9. The molecule has 1 fully saturated rings. The topological polar surface area (TPSA) is 30.5 Å². The maximum absolute atomic E-state index is 6.24. The van der Waals surface area contributed by atoms with Gasteiger partial charge in [-0.3, -0.25) is 0 Å². The molecular formula is C17H27NO2. The molecule has 1 aromatic rings. The summed E-state index contributed by atoms with van der Waals surface area (Å²) in [6, 6.07) is 10.3. The molecule has 0 bridgehead atoms. The predicted molar refractivity (Wildman–Crippen MR) is 81.7 cm³/mol. The summed E-state index contributed by atoms with van der Waals surface area (Å²) in [6.45, 7) is 9.79. The van der Waals surface area contributed by atoms with Crippen LogP contribution < -0.4 is 5.32 Å². The highest BCUT2D eigenvalue weighted by molar-refractivity contribution is 5.13. The van der Waals surface area contributed by atoms with Crippen LogP contribution >= 0.6 is 0 Å². The fraction of sp³-hybridized carbons (Fsp3) is 0.647. The van der Waals surface area contributed by atoms with Crippen molar-refractivity contribution in [3.63, 3.8) is 0 Å². The smallest absolute Gasteiger partial charge is 0.0940 e. The van der Waals surface area contributed by atoms with Crippen molar-refractivity contribution in [2.75, 3.05) is 19.7 Å². The summed E-state index contributed by atoms with van der Waals surface area (Å²) in [4.78, 5) is 0. The van der Waals surface area contributed by atoms with Gasteiger partial charge in [0.05, 0.1) is 24.9 Å². The van der Waals surface area contributed by atoms with Crippen molar-refractivity contribution >= 4 is 0 Å². The third-order valence-corrected chi connectivity index (χ3v) is 3.58. The summed E-state index contributed by atoms with van der Waals surface area (Å²) in [7, 11) is 0. The van der Waals surface area contributed by atoms with Gasteiger partial charge in [0, 0.05) is 13.1 Å². The molecule has 1 aliphatic rings. The van der Waals surface area contributed by atoms with Crippen molar-refractivity contribution in [3.05, 3.63) is 35.9 Å². The van der Waals surface area contributed by atoms with Crippen LogP contribution in [0, 0.1) is 5.92 Å². The van der Waals surface area contributed by atoms with Crippen molar-refractivity contribution in [3.8, 4) is 0 Å². The second-order valence-corrected chi connectivity index (χ2v) is 6.42. The van der Waals surface area contributed by atoms with E-state index in [1.165, 1.54) is 5.56 Å². The highest BCUT2D eigenvalue weighted by Crippen LogP contribution is 2.24. The van der Waals surface area contributed by atoms with E-state index in [-0.39, 0.29) is 11.7 Å². The molecule has 2 unspecified atom stereocenters. The minimum absolute atomic E-state index is 0.0623. The van der Waals surface area contributed by atoms with Gasteiger partial charge < -0.3 is 14.8 Å². The minimum atomic E-state index is -0.0623. The van der Waals surface area contributed by atoms with E-state index in [9.17, 15) is 0 Å². The molecule has 0 saturated carbocycles. The quantitative estimate of drug-likeness (QED) is 0.867. The second-order valence-electron chi connectivity index (χ2n) is 6.42. The lowest BCUT2D eigenvalue weighted by Gasteiger charge is -2.40. The molecule has 112 valence electrons. The molecule has 1 aromatic carbocycles. The molecule has 20 heavy (non-hydrogen) atoms. The summed E-state index contributed by atoms with van der Waals surface area (Å²) in [5.41, 5.74) is 1.15. The number of hydrogen-bond donors (Lipinski definition) is 1. The first-order valence-corrected chi connectivity index (χ1v) is 7.58. The molecule has 1 heterocycles. The Labute approximate surface area is 122 Å². The molecule has 2 atom stereocenters. The zero-order valence-corrected chi connectivity index (χ0v) is 12.9. The largest absolute Gasteiger partial charge is 0.374 e. The van der Waals surface area contributed by atoms with Crippen molar-refractivity contribution < 1.29 is 9.47 Å². The van der Waals surface area contributed by atoms with Gasteiger partial charge in [0.1, 0.15) is 0 Å². The first-order chi connectivity index (χ1) is 9.57. The van der Waals surface area contributed by atoms with Gasteiger partial charge in [-0.05, 0) is 24.8 Å². The predicted octanol–water partition coefficient (Wildman–Crippen LogP) is 3.00. The Morgan fingerprint density at radius 3 is 2.80 bits per heavy atom. The van der Waals surface area contributed by atoms with Crippen molar-refractivity contribution in [2.45, 2.75) is 45.5 Å². The second kappa shape index (κ2) is 7.21. The lowest BCUT2D eigenvalue weighted by atomic mass is 9.92. The highest BCUT2D eigenvalue weighted by Gasteiger charge is 2.33. The van der Waals surface area contributed by atoms with Gasteiger partial charge in [-0.2, -0.15) is 0 Å². The Balaban J connectivity index is 1.75. The molecule has 3 nitrogen and oxygen atoms in total. The average Bonchev–Trinajstić information content (AvgIpc) is 2.38. The summed E-state index contributed by atoms with van der Waals surface area (Å²) in [5, 5.41) is 3.47. The molecule has 3 heteroatoms. The maximum atomic E-state index is 6.24. The van der Waals surface area contributed by atoms with Crippen LogP contribution in [0.4, 0.5) is 0 Å². The van der Waals surface area contributed by atoms with Crippen LogP contribution in [0.25, 0.3) is 0 Å². The fourth-order valence-electron chi connectivity index (χ4n) is 2.94. The first-order valence-electron chi connectivity index (χ1n) is 7.58. The van der Waals surface area contributed by atoms with Gasteiger partial charge in [-0.25, -0.2) is 0 Å². The number of morpholine rings is 1. The van der Waals surface area contributed by atoms with E-state index in [0.717, 1.165) is 19.5 Å². The molecule has 0 aliphatic carbocycles. The third-order valence-electron chi connectivity index (χ3n) is 3.58. The van der Waals surface area contributed by atoms with Gasteiger partial charge >= 0.3 is 0 Å². The molecule has 0 spiro atoms. The molecule has 1 aliphatic heterocycles. The molecular weight excluding hydrogens is 250 g/mol. The first kappa shape index (κ1) is 15.5. The van der Waals surface area contributed by atoms with Crippen LogP contribution in [0.15, 0.2) is 30.3 Å². The van der Waals surface area contributed by atoms with E-state index in [1.807, 2.05) is 18.2 Å². The molecule has 0 aromatic heterocycles. The number of rotatable bonds is 6. The zero-order chi connectivity index (χ0) is 14.4. The van der Waals surface area contributed by atoms with Crippen molar-refractivity contribution in [1.82, 2.24) is 5.32 Å². The van der Waals surface area contributed by atoms with Crippen molar-refractivity contribution in [2.24, 2.45) is 5.92 Å². The summed E-state index contributed by atoms with van der Waals surface area (Å²) in [6.07, 6.45) is 1.23. The fourth-order valence-corrected chi connectivity index (χ4v) is 2.94. The van der Waals surface area contributed by atoms with E-state index < -0.39 is 0 Å². The monoisotopic (exact) mass is 277 g/mol. The summed E-state index contributed by atoms with van der Waals surface area (Å²) >= 11 is 0. The average molecular weight is 277 g/mol. The molecule has 1 N–H and O–H groups in total. The third kappa shape index (κ3) is 4.89. The standard InChI is InChI=1S/C17H27NO2/c1-14(2)9-17(3)13-18-10-16(20-17)12-19-11-15-7-5-4-6-8-15/h4-8,14,16,18H,9-13H2,1-3H3. The number of hydrogen-bond acceptors (Lipinski definition) is 3. The lowest BCUT2D eigenvalue weighted by molar-refractivity contribution is -0.138. The highest BCUT2D eigenvalue weighted by atomic mass is 16.5. The number of ether oxygens (including phenoxy) is 2. The van der Waals surface area contributed by atoms with Crippen LogP contribution in [0.5, 0.6) is 0 Å². The van der Waals surface area contributed by atoms with Gasteiger partial charge in [0.15, 0.2) is 0 Å². The van der Waals surface area contributed by atoms with Crippen LogP contribution in [0.2, 0.25) is 0 Å². The minimum Gasteiger partial charge on any atom is -0.374 e. The number of benzene rings is 1. The van der Waals surface area contributed by atoms with E-state index in [2.05, 4.69) is 38.2 Å². The Morgan fingerprint density at radius 1 is 1.35 bits per heavy atom. The molecule has 0 radical (unpaired) electrons. The van der Waals surface area contributed by atoms with Gasteiger partial charge in [0.2, 0.25) is 0 Å². The number of nitrogens with one attached hydrogen (secondary N) is 1. The summed E-state index contributed by atoms with van der Waals surface area (Å²) < 4.78 is 12.0. The SMILES string of the molecule is CC(C)CC1(C)CNCC(COCc2ccccc2)O1.